The molecule has 0 aromatic heterocycles. The number of benzene rings is 1. The number of allylic oxidation sites excluding steroid dienone is 2. The maximum absolute atomic E-state index is 4.25. The van der Waals surface area contributed by atoms with Gasteiger partial charge < -0.3 is 0 Å². The van der Waals surface area contributed by atoms with Crippen molar-refractivity contribution in [3.8, 4) is 0 Å². The standard InChI is InChI=1S/C12H13N/c1-3-4-10-13-11(2)12-8-6-5-7-9-12/h3-10H,1H2,2H3/b10-4-,13-11?. The zero-order chi connectivity index (χ0) is 9.52. The lowest BCUT2D eigenvalue weighted by atomic mass is 10.1. The fourth-order valence-electron chi connectivity index (χ4n) is 0.970. The van der Waals surface area contributed by atoms with E-state index in [-0.39, 0.29) is 0 Å². The first-order chi connectivity index (χ1) is 6.34. The van der Waals surface area contributed by atoms with E-state index in [2.05, 4.69) is 11.6 Å². The topological polar surface area (TPSA) is 12.4 Å². The highest BCUT2D eigenvalue weighted by Crippen LogP contribution is 2.00. The van der Waals surface area contributed by atoms with Gasteiger partial charge in [0.25, 0.3) is 0 Å². The Hall–Kier alpha value is -1.63. The number of rotatable bonds is 3. The Morgan fingerprint density at radius 1 is 1.31 bits per heavy atom. The first-order valence-corrected chi connectivity index (χ1v) is 4.22. The van der Waals surface area contributed by atoms with E-state index in [1.807, 2.05) is 43.3 Å². The molecule has 0 bridgehead atoms. The van der Waals surface area contributed by atoms with Gasteiger partial charge in [0.05, 0.1) is 0 Å². The molecule has 0 saturated carbocycles. The van der Waals surface area contributed by atoms with Crippen molar-refractivity contribution in [2.45, 2.75) is 6.92 Å². The highest BCUT2D eigenvalue weighted by molar-refractivity contribution is 5.98. The van der Waals surface area contributed by atoms with Gasteiger partial charge in [-0.05, 0) is 18.6 Å². The molecule has 1 nitrogen and oxygen atoms in total. The lowest BCUT2D eigenvalue weighted by Crippen LogP contribution is -1.91. The second-order valence-electron chi connectivity index (χ2n) is 2.66. The van der Waals surface area contributed by atoms with Crippen molar-refractivity contribution in [3.05, 3.63) is 60.8 Å². The molecule has 0 saturated heterocycles. The summed E-state index contributed by atoms with van der Waals surface area (Å²) in [4.78, 5) is 4.25. The Bertz CT molecular complexity index is 320. The van der Waals surface area contributed by atoms with Crippen LogP contribution in [0.25, 0.3) is 0 Å². The van der Waals surface area contributed by atoms with Gasteiger partial charge in [-0.1, -0.05) is 43.0 Å². The van der Waals surface area contributed by atoms with Crippen LogP contribution in [0.3, 0.4) is 0 Å². The van der Waals surface area contributed by atoms with E-state index < -0.39 is 0 Å². The van der Waals surface area contributed by atoms with Gasteiger partial charge in [0.2, 0.25) is 0 Å². The summed E-state index contributed by atoms with van der Waals surface area (Å²) >= 11 is 0. The Kier molecular flexibility index (Phi) is 3.71. The van der Waals surface area contributed by atoms with Crippen molar-refractivity contribution in [3.63, 3.8) is 0 Å². The molecular formula is C12H13N. The highest BCUT2D eigenvalue weighted by atomic mass is 14.7. The molecule has 0 radical (unpaired) electrons. The molecule has 0 unspecified atom stereocenters. The number of aliphatic imine (C=N–C) groups is 1. The van der Waals surface area contributed by atoms with Crippen LogP contribution in [0.5, 0.6) is 0 Å². The molecule has 0 amide bonds. The van der Waals surface area contributed by atoms with E-state index in [0.29, 0.717) is 0 Å². The molecule has 66 valence electrons. The summed E-state index contributed by atoms with van der Waals surface area (Å²) in [6.07, 6.45) is 5.27. The normalized spacial score (nSPS) is 11.9. The first-order valence-electron chi connectivity index (χ1n) is 4.22. The lowest BCUT2D eigenvalue weighted by Gasteiger charge is -1.96. The average Bonchev–Trinajstić information content (AvgIpc) is 2.19. The first kappa shape index (κ1) is 9.46. The van der Waals surface area contributed by atoms with Crippen molar-refractivity contribution in [1.29, 1.82) is 0 Å². The van der Waals surface area contributed by atoms with Crippen molar-refractivity contribution >= 4 is 5.71 Å². The smallest absolute Gasteiger partial charge is 0.0444 e. The third-order valence-electron chi connectivity index (χ3n) is 1.68. The molecule has 13 heavy (non-hydrogen) atoms. The highest BCUT2D eigenvalue weighted by Gasteiger charge is 1.91. The fraction of sp³-hybridized carbons (Fsp3) is 0.0833. The molecule has 1 rings (SSSR count). The Balaban J connectivity index is 2.79. The summed E-state index contributed by atoms with van der Waals surface area (Å²) < 4.78 is 0. The van der Waals surface area contributed by atoms with Crippen LogP contribution in [0.15, 0.2) is 60.3 Å². The van der Waals surface area contributed by atoms with Crippen LogP contribution in [0, 0.1) is 0 Å². The summed E-state index contributed by atoms with van der Waals surface area (Å²) in [7, 11) is 0. The van der Waals surface area contributed by atoms with Gasteiger partial charge in [0, 0.05) is 11.9 Å². The average molecular weight is 171 g/mol. The second-order valence-corrected chi connectivity index (χ2v) is 2.66. The number of hydrogen-bond acceptors (Lipinski definition) is 1. The van der Waals surface area contributed by atoms with Crippen molar-refractivity contribution in [2.24, 2.45) is 4.99 Å². The molecule has 0 aliphatic carbocycles. The van der Waals surface area contributed by atoms with E-state index in [1.54, 1.807) is 12.3 Å². The molecule has 0 atom stereocenters. The van der Waals surface area contributed by atoms with Gasteiger partial charge >= 0.3 is 0 Å². The van der Waals surface area contributed by atoms with Gasteiger partial charge in [-0.3, -0.25) is 4.99 Å². The zero-order valence-corrected chi connectivity index (χ0v) is 7.77. The third-order valence-corrected chi connectivity index (χ3v) is 1.68. The molecular weight excluding hydrogens is 158 g/mol. The summed E-state index contributed by atoms with van der Waals surface area (Å²) in [5, 5.41) is 0. The molecule has 0 spiro atoms. The summed E-state index contributed by atoms with van der Waals surface area (Å²) in [5.41, 5.74) is 2.16. The number of hydrogen-bond donors (Lipinski definition) is 0. The summed E-state index contributed by atoms with van der Waals surface area (Å²) in [6.45, 7) is 5.56. The maximum atomic E-state index is 4.25. The second kappa shape index (κ2) is 5.09. The van der Waals surface area contributed by atoms with Crippen molar-refractivity contribution < 1.29 is 0 Å². The largest absolute Gasteiger partial charge is 0.261 e. The van der Waals surface area contributed by atoms with E-state index in [1.165, 1.54) is 0 Å². The predicted octanol–water partition coefficient (Wildman–Crippen LogP) is 3.20. The minimum absolute atomic E-state index is 1.01. The van der Waals surface area contributed by atoms with Crippen molar-refractivity contribution in [1.82, 2.24) is 0 Å². The minimum Gasteiger partial charge on any atom is -0.261 e. The molecule has 0 N–H and O–H groups in total. The zero-order valence-electron chi connectivity index (χ0n) is 7.77. The fourth-order valence-corrected chi connectivity index (χ4v) is 0.970. The Morgan fingerprint density at radius 3 is 2.62 bits per heavy atom. The van der Waals surface area contributed by atoms with Gasteiger partial charge in [-0.25, -0.2) is 0 Å². The van der Waals surface area contributed by atoms with Crippen molar-refractivity contribution in [2.75, 3.05) is 0 Å². The quantitative estimate of drug-likeness (QED) is 0.489. The van der Waals surface area contributed by atoms with Gasteiger partial charge in [0.15, 0.2) is 0 Å². The number of nitrogens with zero attached hydrogens (tertiary/aromatic N) is 1. The summed E-state index contributed by atoms with van der Waals surface area (Å²) in [5.74, 6) is 0. The molecule has 0 heterocycles. The van der Waals surface area contributed by atoms with Crippen LogP contribution in [0.2, 0.25) is 0 Å². The minimum atomic E-state index is 1.01. The molecule has 0 aliphatic heterocycles. The van der Waals surface area contributed by atoms with Crippen LogP contribution in [0.4, 0.5) is 0 Å². The van der Waals surface area contributed by atoms with Crippen LogP contribution < -0.4 is 0 Å². The molecule has 1 aromatic carbocycles. The SMILES string of the molecule is C=C/C=C\N=C(C)c1ccccc1. The monoisotopic (exact) mass is 171 g/mol. The van der Waals surface area contributed by atoms with E-state index in [0.717, 1.165) is 11.3 Å². The third kappa shape index (κ3) is 3.08. The van der Waals surface area contributed by atoms with Crippen LogP contribution >= 0.6 is 0 Å². The predicted molar refractivity (Wildman–Crippen MR) is 58.0 cm³/mol. The molecule has 0 aliphatic rings. The van der Waals surface area contributed by atoms with Gasteiger partial charge in [-0.2, -0.15) is 0 Å². The van der Waals surface area contributed by atoms with E-state index in [4.69, 9.17) is 0 Å². The summed E-state index contributed by atoms with van der Waals surface area (Å²) in [6, 6.07) is 10.1. The van der Waals surface area contributed by atoms with Crippen LogP contribution in [-0.2, 0) is 0 Å². The maximum Gasteiger partial charge on any atom is 0.0444 e. The van der Waals surface area contributed by atoms with E-state index in [9.17, 15) is 0 Å². The Labute approximate surface area is 79.1 Å². The lowest BCUT2D eigenvalue weighted by molar-refractivity contribution is 1.50. The molecule has 1 heteroatoms. The Morgan fingerprint density at radius 2 is 2.00 bits per heavy atom. The van der Waals surface area contributed by atoms with Gasteiger partial charge in [-0.15, -0.1) is 0 Å². The van der Waals surface area contributed by atoms with Crippen LogP contribution in [0.1, 0.15) is 12.5 Å². The van der Waals surface area contributed by atoms with Crippen LogP contribution in [-0.4, -0.2) is 5.71 Å². The van der Waals surface area contributed by atoms with E-state index >= 15 is 0 Å². The molecule has 0 fully saturated rings. The van der Waals surface area contributed by atoms with Gasteiger partial charge in [0.1, 0.15) is 0 Å². The molecule has 1 aromatic rings.